The third-order valence-corrected chi connectivity index (χ3v) is 2.96. The molecule has 2 rings (SSSR count). The number of carboxylic acids is 1. The first-order valence-electron chi connectivity index (χ1n) is 5.76. The second-order valence-corrected chi connectivity index (χ2v) is 5.60. The number of hydrogen-bond donors (Lipinski definition) is 1. The molecule has 1 aliphatic rings. The minimum absolute atomic E-state index is 0.0379. The summed E-state index contributed by atoms with van der Waals surface area (Å²) < 4.78 is 5.65. The van der Waals surface area contributed by atoms with E-state index in [-0.39, 0.29) is 11.3 Å². The lowest BCUT2D eigenvalue weighted by Gasteiger charge is -2.35. The molecule has 0 saturated carbocycles. The van der Waals surface area contributed by atoms with Gasteiger partial charge in [0.2, 0.25) is 5.89 Å². The molecule has 0 unspecified atom stereocenters. The van der Waals surface area contributed by atoms with Crippen molar-refractivity contribution in [2.45, 2.75) is 32.7 Å². The maximum atomic E-state index is 10.6. The molecule has 5 heteroatoms. The lowest BCUT2D eigenvalue weighted by molar-refractivity contribution is -0.147. The molecule has 1 saturated heterocycles. The number of aromatic nitrogens is 1. The molecule has 1 N–H and O–H groups in total. The molecule has 2 heterocycles. The van der Waals surface area contributed by atoms with Crippen LogP contribution in [0.5, 0.6) is 0 Å². The van der Waals surface area contributed by atoms with Crippen LogP contribution in [-0.2, 0) is 16.8 Å². The summed E-state index contributed by atoms with van der Waals surface area (Å²) >= 11 is 0. The van der Waals surface area contributed by atoms with Gasteiger partial charge in [0, 0.05) is 18.5 Å². The Morgan fingerprint density at radius 3 is 2.71 bits per heavy atom. The standard InChI is InChI=1S/C12H18N2O3/c1-12(2,3)9-4-13-10(17-9)7-14-5-8(6-14)11(15)16/h4,8H,5-7H2,1-3H3,(H,15,16). The van der Waals surface area contributed by atoms with Crippen molar-refractivity contribution in [2.24, 2.45) is 5.92 Å². The molecule has 1 aromatic heterocycles. The Bertz CT molecular complexity index is 414. The lowest BCUT2D eigenvalue weighted by atomic mass is 9.94. The summed E-state index contributed by atoms with van der Waals surface area (Å²) in [7, 11) is 0. The topological polar surface area (TPSA) is 66.6 Å². The van der Waals surface area contributed by atoms with Crippen LogP contribution < -0.4 is 0 Å². The zero-order valence-electron chi connectivity index (χ0n) is 10.4. The first kappa shape index (κ1) is 12.1. The molecule has 0 atom stereocenters. The van der Waals surface area contributed by atoms with Crippen LogP contribution in [0, 0.1) is 5.92 Å². The molecule has 0 aliphatic carbocycles. The molecule has 1 fully saturated rings. The molecule has 17 heavy (non-hydrogen) atoms. The van der Waals surface area contributed by atoms with Crippen molar-refractivity contribution in [2.75, 3.05) is 13.1 Å². The third kappa shape index (κ3) is 2.66. The maximum Gasteiger partial charge on any atom is 0.309 e. The molecule has 0 radical (unpaired) electrons. The van der Waals surface area contributed by atoms with E-state index in [1.54, 1.807) is 6.20 Å². The highest BCUT2D eigenvalue weighted by molar-refractivity contribution is 5.71. The predicted octanol–water partition coefficient (Wildman–Crippen LogP) is 1.49. The van der Waals surface area contributed by atoms with E-state index in [1.165, 1.54) is 0 Å². The second-order valence-electron chi connectivity index (χ2n) is 5.60. The van der Waals surface area contributed by atoms with Crippen molar-refractivity contribution in [3.05, 3.63) is 17.8 Å². The highest BCUT2D eigenvalue weighted by atomic mass is 16.4. The number of oxazole rings is 1. The highest BCUT2D eigenvalue weighted by Gasteiger charge is 2.33. The van der Waals surface area contributed by atoms with Crippen molar-refractivity contribution in [3.63, 3.8) is 0 Å². The Hall–Kier alpha value is -1.36. The summed E-state index contributed by atoms with van der Waals surface area (Å²) in [5, 5.41) is 8.76. The number of carboxylic acid groups (broad SMARTS) is 1. The largest absolute Gasteiger partial charge is 0.481 e. The van der Waals surface area contributed by atoms with E-state index in [4.69, 9.17) is 9.52 Å². The fourth-order valence-corrected chi connectivity index (χ4v) is 1.78. The first-order chi connectivity index (χ1) is 7.86. The Kier molecular flexibility index (Phi) is 2.95. The molecule has 0 bridgehead atoms. The van der Waals surface area contributed by atoms with Crippen LogP contribution in [0.3, 0.4) is 0 Å². The Morgan fingerprint density at radius 2 is 2.24 bits per heavy atom. The van der Waals surface area contributed by atoms with Gasteiger partial charge in [-0.2, -0.15) is 0 Å². The summed E-state index contributed by atoms with van der Waals surface area (Å²) in [5.74, 6) is 0.581. The second kappa shape index (κ2) is 4.14. The van der Waals surface area contributed by atoms with Crippen LogP contribution >= 0.6 is 0 Å². The summed E-state index contributed by atoms with van der Waals surface area (Å²) in [6.07, 6.45) is 1.75. The van der Waals surface area contributed by atoms with Crippen molar-refractivity contribution < 1.29 is 14.3 Å². The van der Waals surface area contributed by atoms with Gasteiger partial charge in [-0.15, -0.1) is 0 Å². The number of hydrogen-bond acceptors (Lipinski definition) is 4. The zero-order valence-corrected chi connectivity index (χ0v) is 10.4. The lowest BCUT2D eigenvalue weighted by Crippen LogP contribution is -2.49. The average molecular weight is 238 g/mol. The predicted molar refractivity (Wildman–Crippen MR) is 61.6 cm³/mol. The number of aliphatic carboxylic acids is 1. The van der Waals surface area contributed by atoms with Gasteiger partial charge in [-0.1, -0.05) is 20.8 Å². The normalized spacial score (nSPS) is 18.1. The summed E-state index contributed by atoms with van der Waals surface area (Å²) in [4.78, 5) is 16.9. The van der Waals surface area contributed by atoms with Gasteiger partial charge in [0.1, 0.15) is 5.76 Å². The van der Waals surface area contributed by atoms with Crippen LogP contribution in [0.4, 0.5) is 0 Å². The Balaban J connectivity index is 1.89. The van der Waals surface area contributed by atoms with E-state index in [0.29, 0.717) is 25.5 Å². The van der Waals surface area contributed by atoms with Crippen molar-refractivity contribution >= 4 is 5.97 Å². The molecule has 94 valence electrons. The Morgan fingerprint density at radius 1 is 1.59 bits per heavy atom. The monoisotopic (exact) mass is 238 g/mol. The van der Waals surface area contributed by atoms with Gasteiger partial charge < -0.3 is 9.52 Å². The van der Waals surface area contributed by atoms with Crippen LogP contribution in [0.25, 0.3) is 0 Å². The molecule has 0 amide bonds. The molecule has 0 spiro atoms. The minimum Gasteiger partial charge on any atom is -0.481 e. The molecule has 5 nitrogen and oxygen atoms in total. The molecule has 1 aliphatic heterocycles. The fourth-order valence-electron chi connectivity index (χ4n) is 1.78. The highest BCUT2D eigenvalue weighted by Crippen LogP contribution is 2.24. The van der Waals surface area contributed by atoms with Gasteiger partial charge >= 0.3 is 5.97 Å². The molecular formula is C12H18N2O3. The quantitative estimate of drug-likeness (QED) is 0.864. The summed E-state index contributed by atoms with van der Waals surface area (Å²) in [6, 6.07) is 0. The SMILES string of the molecule is CC(C)(C)c1cnc(CN2CC(C(=O)O)C2)o1. The summed E-state index contributed by atoms with van der Waals surface area (Å²) in [6.45, 7) is 7.98. The van der Waals surface area contributed by atoms with Gasteiger partial charge in [-0.05, 0) is 0 Å². The van der Waals surface area contributed by atoms with Crippen molar-refractivity contribution in [3.8, 4) is 0 Å². The molecular weight excluding hydrogens is 220 g/mol. The maximum absolute atomic E-state index is 10.6. The smallest absolute Gasteiger partial charge is 0.309 e. The van der Waals surface area contributed by atoms with Gasteiger partial charge in [-0.3, -0.25) is 9.69 Å². The van der Waals surface area contributed by atoms with Gasteiger partial charge in [0.05, 0.1) is 18.7 Å². The van der Waals surface area contributed by atoms with Crippen molar-refractivity contribution in [1.82, 2.24) is 9.88 Å². The number of rotatable bonds is 3. The van der Waals surface area contributed by atoms with Crippen LogP contribution in [-0.4, -0.2) is 34.0 Å². The van der Waals surface area contributed by atoms with Crippen molar-refractivity contribution in [1.29, 1.82) is 0 Å². The van der Waals surface area contributed by atoms with Crippen LogP contribution in [0.2, 0.25) is 0 Å². The fraction of sp³-hybridized carbons (Fsp3) is 0.667. The van der Waals surface area contributed by atoms with Gasteiger partial charge in [-0.25, -0.2) is 4.98 Å². The van der Waals surface area contributed by atoms with Crippen LogP contribution in [0.1, 0.15) is 32.4 Å². The van der Waals surface area contributed by atoms with Crippen LogP contribution in [0.15, 0.2) is 10.6 Å². The average Bonchev–Trinajstić information content (AvgIpc) is 2.57. The number of likely N-dealkylation sites (tertiary alicyclic amines) is 1. The third-order valence-electron chi connectivity index (χ3n) is 2.96. The van der Waals surface area contributed by atoms with E-state index in [9.17, 15) is 4.79 Å². The van der Waals surface area contributed by atoms with E-state index >= 15 is 0 Å². The van der Waals surface area contributed by atoms with E-state index in [2.05, 4.69) is 25.8 Å². The van der Waals surface area contributed by atoms with Gasteiger partial charge in [0.15, 0.2) is 0 Å². The Labute approximate surface area is 100 Å². The molecule has 0 aromatic carbocycles. The van der Waals surface area contributed by atoms with E-state index in [1.807, 2.05) is 4.90 Å². The molecule has 1 aromatic rings. The number of nitrogens with zero attached hydrogens (tertiary/aromatic N) is 2. The van der Waals surface area contributed by atoms with Gasteiger partial charge in [0.25, 0.3) is 0 Å². The minimum atomic E-state index is -0.718. The first-order valence-corrected chi connectivity index (χ1v) is 5.76. The summed E-state index contributed by atoms with van der Waals surface area (Å²) in [5.41, 5.74) is -0.0379. The number of carbonyl (C=O) groups is 1. The zero-order chi connectivity index (χ0) is 12.6. The van der Waals surface area contributed by atoms with E-state index < -0.39 is 5.97 Å². The van der Waals surface area contributed by atoms with E-state index in [0.717, 1.165) is 5.76 Å².